The summed E-state index contributed by atoms with van der Waals surface area (Å²) in [5.41, 5.74) is -0.512. The lowest BCUT2D eigenvalue weighted by molar-refractivity contribution is -0.122. The summed E-state index contributed by atoms with van der Waals surface area (Å²) in [4.78, 5) is 27.3. The zero-order valence-corrected chi connectivity index (χ0v) is 13.1. The number of halogens is 2. The minimum Gasteiger partial charge on any atom is -0.355 e. The van der Waals surface area contributed by atoms with Gasteiger partial charge in [-0.1, -0.05) is 13.0 Å². The lowest BCUT2D eigenvalue weighted by Gasteiger charge is -2.34. The Labute approximate surface area is 134 Å². The fourth-order valence-corrected chi connectivity index (χ4v) is 2.49. The van der Waals surface area contributed by atoms with Gasteiger partial charge < -0.3 is 10.2 Å². The van der Waals surface area contributed by atoms with Gasteiger partial charge >= 0.3 is 0 Å². The number of piperazine rings is 1. The van der Waals surface area contributed by atoms with Crippen LogP contribution >= 0.6 is 0 Å². The van der Waals surface area contributed by atoms with E-state index in [1.54, 1.807) is 0 Å². The summed E-state index contributed by atoms with van der Waals surface area (Å²) >= 11 is 0. The second kappa shape index (κ2) is 8.01. The van der Waals surface area contributed by atoms with E-state index in [-0.39, 0.29) is 12.5 Å². The van der Waals surface area contributed by atoms with Crippen molar-refractivity contribution in [3.8, 4) is 0 Å². The van der Waals surface area contributed by atoms with E-state index in [4.69, 9.17) is 0 Å². The van der Waals surface area contributed by atoms with E-state index in [2.05, 4.69) is 5.32 Å². The molecule has 0 aromatic heterocycles. The Morgan fingerprint density at radius 2 is 1.74 bits per heavy atom. The molecule has 1 N–H and O–H groups in total. The third kappa shape index (κ3) is 4.48. The minimum atomic E-state index is -0.851. The van der Waals surface area contributed by atoms with Crippen LogP contribution in [0.25, 0.3) is 0 Å². The molecule has 2 amide bonds. The highest BCUT2D eigenvalue weighted by molar-refractivity contribution is 5.94. The first kappa shape index (κ1) is 17.3. The van der Waals surface area contributed by atoms with E-state index >= 15 is 0 Å². The van der Waals surface area contributed by atoms with Gasteiger partial charge in [-0.15, -0.1) is 0 Å². The van der Waals surface area contributed by atoms with Crippen LogP contribution in [0, 0.1) is 11.6 Å². The van der Waals surface area contributed by atoms with E-state index in [0.717, 1.165) is 18.6 Å². The SMILES string of the molecule is CCCNC(=O)CN1CCN(C(=O)c2c(F)cccc2F)CC1. The molecule has 0 radical (unpaired) electrons. The molecule has 0 aliphatic carbocycles. The summed E-state index contributed by atoms with van der Waals surface area (Å²) < 4.78 is 27.3. The molecule has 0 spiro atoms. The topological polar surface area (TPSA) is 52.7 Å². The van der Waals surface area contributed by atoms with Crippen molar-refractivity contribution in [1.82, 2.24) is 15.1 Å². The average Bonchev–Trinajstić information content (AvgIpc) is 2.53. The molecule has 1 aromatic rings. The van der Waals surface area contributed by atoms with Crippen molar-refractivity contribution in [3.63, 3.8) is 0 Å². The maximum atomic E-state index is 13.7. The van der Waals surface area contributed by atoms with Crippen LogP contribution in [0.1, 0.15) is 23.7 Å². The predicted octanol–water partition coefficient (Wildman–Crippen LogP) is 1.25. The molecule has 23 heavy (non-hydrogen) atoms. The number of hydrogen-bond donors (Lipinski definition) is 1. The third-order valence-corrected chi connectivity index (χ3v) is 3.78. The summed E-state index contributed by atoms with van der Waals surface area (Å²) in [6.07, 6.45) is 0.877. The monoisotopic (exact) mass is 325 g/mol. The number of hydrogen-bond acceptors (Lipinski definition) is 3. The van der Waals surface area contributed by atoms with Crippen LogP contribution in [-0.2, 0) is 4.79 Å². The molecule has 1 heterocycles. The van der Waals surface area contributed by atoms with Gasteiger partial charge in [0.2, 0.25) is 5.91 Å². The number of carbonyl (C=O) groups is 2. The molecular weight excluding hydrogens is 304 g/mol. The van der Waals surface area contributed by atoms with Gasteiger partial charge in [-0.05, 0) is 18.6 Å². The van der Waals surface area contributed by atoms with Gasteiger partial charge in [0.25, 0.3) is 5.91 Å². The number of carbonyl (C=O) groups excluding carboxylic acids is 2. The normalized spacial score (nSPS) is 15.5. The first-order chi connectivity index (χ1) is 11.0. The molecule has 0 bridgehead atoms. The Hall–Kier alpha value is -2.02. The van der Waals surface area contributed by atoms with Crippen LogP contribution in [0.15, 0.2) is 18.2 Å². The van der Waals surface area contributed by atoms with Crippen LogP contribution < -0.4 is 5.32 Å². The van der Waals surface area contributed by atoms with Crippen LogP contribution in [0.3, 0.4) is 0 Å². The molecule has 5 nitrogen and oxygen atoms in total. The Balaban J connectivity index is 1.89. The van der Waals surface area contributed by atoms with E-state index in [1.807, 2.05) is 11.8 Å². The third-order valence-electron chi connectivity index (χ3n) is 3.78. The number of rotatable bonds is 5. The van der Waals surface area contributed by atoms with Crippen molar-refractivity contribution in [2.45, 2.75) is 13.3 Å². The van der Waals surface area contributed by atoms with Gasteiger partial charge in [-0.3, -0.25) is 14.5 Å². The maximum absolute atomic E-state index is 13.7. The molecule has 7 heteroatoms. The van der Waals surface area contributed by atoms with E-state index in [9.17, 15) is 18.4 Å². The van der Waals surface area contributed by atoms with Crippen LogP contribution in [-0.4, -0.2) is 60.9 Å². The van der Waals surface area contributed by atoms with E-state index in [1.165, 1.54) is 11.0 Å². The molecule has 2 rings (SSSR count). The Kier molecular flexibility index (Phi) is 6.04. The smallest absolute Gasteiger partial charge is 0.259 e. The van der Waals surface area contributed by atoms with E-state index < -0.39 is 23.1 Å². The standard InChI is InChI=1S/C16H21F2N3O2/c1-2-6-19-14(22)11-20-7-9-21(10-8-20)16(23)15-12(17)4-3-5-13(15)18/h3-5H,2,6-11H2,1H3,(H,19,22). The van der Waals surface area contributed by atoms with Gasteiger partial charge in [0.15, 0.2) is 0 Å². The molecule has 1 fully saturated rings. The summed E-state index contributed by atoms with van der Waals surface area (Å²) in [5, 5.41) is 2.79. The van der Waals surface area contributed by atoms with Crippen molar-refractivity contribution in [2.75, 3.05) is 39.3 Å². The van der Waals surface area contributed by atoms with Crippen LogP contribution in [0.4, 0.5) is 8.78 Å². The second-order valence-electron chi connectivity index (χ2n) is 5.51. The van der Waals surface area contributed by atoms with Crippen LogP contribution in [0.5, 0.6) is 0 Å². The van der Waals surface area contributed by atoms with Gasteiger partial charge in [-0.25, -0.2) is 8.78 Å². The maximum Gasteiger partial charge on any atom is 0.259 e. The zero-order chi connectivity index (χ0) is 16.8. The highest BCUT2D eigenvalue weighted by Crippen LogP contribution is 2.16. The molecule has 0 atom stereocenters. The van der Waals surface area contributed by atoms with Crippen molar-refractivity contribution in [1.29, 1.82) is 0 Å². The fraction of sp³-hybridized carbons (Fsp3) is 0.500. The lowest BCUT2D eigenvalue weighted by Crippen LogP contribution is -2.51. The van der Waals surface area contributed by atoms with Crippen LogP contribution in [0.2, 0.25) is 0 Å². The van der Waals surface area contributed by atoms with Crippen molar-refractivity contribution >= 4 is 11.8 Å². The first-order valence-electron chi connectivity index (χ1n) is 7.75. The fourth-order valence-electron chi connectivity index (χ4n) is 2.49. The van der Waals surface area contributed by atoms with Gasteiger partial charge in [-0.2, -0.15) is 0 Å². The molecule has 1 aromatic carbocycles. The Bertz CT molecular complexity index is 552. The van der Waals surface area contributed by atoms with E-state index in [0.29, 0.717) is 32.7 Å². The summed E-state index contributed by atoms with van der Waals surface area (Å²) in [6.45, 7) is 4.58. The predicted molar refractivity (Wildman–Crippen MR) is 82.0 cm³/mol. The number of benzene rings is 1. The second-order valence-corrected chi connectivity index (χ2v) is 5.51. The number of nitrogens with zero attached hydrogens (tertiary/aromatic N) is 2. The molecule has 126 valence electrons. The highest BCUT2D eigenvalue weighted by atomic mass is 19.1. The largest absolute Gasteiger partial charge is 0.355 e. The molecule has 1 aliphatic rings. The number of nitrogens with one attached hydrogen (secondary N) is 1. The van der Waals surface area contributed by atoms with Gasteiger partial charge in [0.1, 0.15) is 17.2 Å². The highest BCUT2D eigenvalue weighted by Gasteiger charge is 2.26. The van der Waals surface area contributed by atoms with Crippen molar-refractivity contribution < 1.29 is 18.4 Å². The summed E-state index contributed by atoms with van der Waals surface area (Å²) in [5.74, 6) is -2.39. The summed E-state index contributed by atoms with van der Waals surface area (Å²) in [6, 6.07) is 3.38. The lowest BCUT2D eigenvalue weighted by atomic mass is 10.1. The molecule has 0 saturated carbocycles. The van der Waals surface area contributed by atoms with Gasteiger partial charge in [0.05, 0.1) is 6.54 Å². The summed E-state index contributed by atoms with van der Waals surface area (Å²) in [7, 11) is 0. The Morgan fingerprint density at radius 1 is 1.13 bits per heavy atom. The molecule has 1 aliphatic heterocycles. The van der Waals surface area contributed by atoms with Crippen molar-refractivity contribution in [3.05, 3.63) is 35.4 Å². The molecule has 1 saturated heterocycles. The van der Waals surface area contributed by atoms with Gasteiger partial charge in [0, 0.05) is 32.7 Å². The molecule has 0 unspecified atom stereocenters. The average molecular weight is 325 g/mol. The quantitative estimate of drug-likeness (QED) is 0.886. The zero-order valence-electron chi connectivity index (χ0n) is 13.1. The number of amides is 2. The minimum absolute atomic E-state index is 0.0493. The Morgan fingerprint density at radius 3 is 2.30 bits per heavy atom. The molecular formula is C16H21F2N3O2. The first-order valence-corrected chi connectivity index (χ1v) is 7.75. The van der Waals surface area contributed by atoms with Crippen molar-refractivity contribution in [2.24, 2.45) is 0 Å².